The molecule has 0 aliphatic heterocycles. The third-order valence-corrected chi connectivity index (χ3v) is 2.66. The summed E-state index contributed by atoms with van der Waals surface area (Å²) in [5.41, 5.74) is 10.2. The van der Waals surface area contributed by atoms with E-state index >= 15 is 0 Å². The van der Waals surface area contributed by atoms with Crippen LogP contribution in [0.4, 0.5) is 0 Å². The minimum Gasteiger partial charge on any atom is -0.0978 e. The number of azide groups is 1. The molecule has 0 saturated carbocycles. The van der Waals surface area contributed by atoms with Gasteiger partial charge in [-0.25, -0.2) is 0 Å². The first-order valence-corrected chi connectivity index (χ1v) is 5.29. The van der Waals surface area contributed by atoms with Crippen molar-refractivity contribution < 1.29 is 0 Å². The number of hydrogen-bond acceptors (Lipinski definition) is 1. The highest BCUT2D eigenvalue weighted by molar-refractivity contribution is 9.10. The largest absolute Gasteiger partial charge is 0.0978 e. The van der Waals surface area contributed by atoms with Gasteiger partial charge in [-0.3, -0.25) is 0 Å². The number of rotatable bonds is 2. The monoisotopic (exact) mass is 263 g/mol. The van der Waals surface area contributed by atoms with Crippen molar-refractivity contribution in [2.45, 2.75) is 13.3 Å². The van der Waals surface area contributed by atoms with Gasteiger partial charge in [-0.2, -0.15) is 0 Å². The predicted molar refractivity (Wildman–Crippen MR) is 64.4 cm³/mol. The summed E-state index contributed by atoms with van der Waals surface area (Å²) in [6.07, 6.45) is 0.593. The standard InChI is InChI=1S/C11H10BrN3/c1-9-5-6-10(8-11(9)12)4-2-3-7-14-15-13/h5-6,8H,3,7H2,1H3. The molecule has 1 aromatic rings. The summed E-state index contributed by atoms with van der Waals surface area (Å²) in [7, 11) is 0. The molecule has 0 unspecified atom stereocenters. The summed E-state index contributed by atoms with van der Waals surface area (Å²) < 4.78 is 1.06. The van der Waals surface area contributed by atoms with Gasteiger partial charge < -0.3 is 0 Å². The summed E-state index contributed by atoms with van der Waals surface area (Å²) in [6.45, 7) is 2.46. The third kappa shape index (κ3) is 4.07. The smallest absolute Gasteiger partial charge is 0.0367 e. The van der Waals surface area contributed by atoms with Crippen molar-refractivity contribution in [1.29, 1.82) is 0 Å². The maximum Gasteiger partial charge on any atom is 0.0367 e. The Hall–Kier alpha value is -1.43. The number of aryl methyl sites for hydroxylation is 1. The van der Waals surface area contributed by atoms with E-state index in [4.69, 9.17) is 5.53 Å². The molecule has 0 fully saturated rings. The molecule has 3 nitrogen and oxygen atoms in total. The average Bonchev–Trinajstić information content (AvgIpc) is 2.23. The van der Waals surface area contributed by atoms with Gasteiger partial charge in [0.2, 0.25) is 0 Å². The van der Waals surface area contributed by atoms with E-state index in [1.165, 1.54) is 5.56 Å². The number of hydrogen-bond donors (Lipinski definition) is 0. The van der Waals surface area contributed by atoms with Crippen LogP contribution in [-0.2, 0) is 0 Å². The van der Waals surface area contributed by atoms with Crippen molar-refractivity contribution in [3.63, 3.8) is 0 Å². The number of halogens is 1. The Kier molecular flexibility index (Phi) is 4.76. The van der Waals surface area contributed by atoms with Crippen molar-refractivity contribution in [3.8, 4) is 11.8 Å². The lowest BCUT2D eigenvalue weighted by atomic mass is 10.1. The highest BCUT2D eigenvalue weighted by atomic mass is 79.9. The first kappa shape index (κ1) is 11.6. The van der Waals surface area contributed by atoms with Gasteiger partial charge in [-0.1, -0.05) is 39.0 Å². The lowest BCUT2D eigenvalue weighted by molar-refractivity contribution is 1.01. The van der Waals surface area contributed by atoms with Crippen LogP contribution in [0, 0.1) is 18.8 Å². The van der Waals surface area contributed by atoms with Crippen molar-refractivity contribution in [2.75, 3.05) is 6.54 Å². The molecule has 15 heavy (non-hydrogen) atoms. The van der Waals surface area contributed by atoms with Crippen LogP contribution in [0.1, 0.15) is 17.5 Å². The molecule has 0 radical (unpaired) electrons. The van der Waals surface area contributed by atoms with Crippen LogP contribution in [0.3, 0.4) is 0 Å². The summed E-state index contributed by atoms with van der Waals surface area (Å²) in [6, 6.07) is 5.97. The van der Waals surface area contributed by atoms with Crippen molar-refractivity contribution in [2.24, 2.45) is 5.11 Å². The van der Waals surface area contributed by atoms with E-state index in [0.29, 0.717) is 13.0 Å². The van der Waals surface area contributed by atoms with Gasteiger partial charge in [0.05, 0.1) is 0 Å². The normalized spacial score (nSPS) is 8.67. The van der Waals surface area contributed by atoms with Gasteiger partial charge in [-0.15, -0.1) is 0 Å². The lowest BCUT2D eigenvalue weighted by Crippen LogP contribution is -1.79. The van der Waals surface area contributed by atoms with Gasteiger partial charge in [0.25, 0.3) is 0 Å². The minimum absolute atomic E-state index is 0.427. The van der Waals surface area contributed by atoms with E-state index in [1.54, 1.807) is 0 Å². The van der Waals surface area contributed by atoms with E-state index in [0.717, 1.165) is 10.0 Å². The van der Waals surface area contributed by atoms with Crippen molar-refractivity contribution in [1.82, 2.24) is 0 Å². The molecule has 0 aliphatic carbocycles. The molecule has 1 aromatic carbocycles. The Morgan fingerprint density at radius 2 is 2.33 bits per heavy atom. The fourth-order valence-corrected chi connectivity index (χ4v) is 1.36. The molecule has 0 bridgehead atoms. The molecular formula is C11H10BrN3. The van der Waals surface area contributed by atoms with Crippen molar-refractivity contribution >= 4 is 15.9 Å². The Bertz CT molecular complexity index is 451. The molecule has 0 amide bonds. The van der Waals surface area contributed by atoms with Crippen LogP contribution in [0.5, 0.6) is 0 Å². The van der Waals surface area contributed by atoms with Gasteiger partial charge in [0, 0.05) is 27.9 Å². The number of nitrogens with zero attached hydrogens (tertiary/aromatic N) is 3. The average molecular weight is 264 g/mol. The zero-order chi connectivity index (χ0) is 11.1. The Labute approximate surface area is 97.3 Å². The molecular weight excluding hydrogens is 254 g/mol. The van der Waals surface area contributed by atoms with E-state index < -0.39 is 0 Å². The molecule has 76 valence electrons. The Morgan fingerprint density at radius 1 is 1.53 bits per heavy atom. The van der Waals surface area contributed by atoms with Crippen LogP contribution in [-0.4, -0.2) is 6.54 Å². The maximum absolute atomic E-state index is 8.05. The molecule has 0 aliphatic rings. The molecule has 4 heteroatoms. The zero-order valence-corrected chi connectivity index (χ0v) is 9.95. The second-order valence-electron chi connectivity index (χ2n) is 2.97. The maximum atomic E-state index is 8.05. The Balaban J connectivity index is 2.64. The molecule has 0 N–H and O–H groups in total. The van der Waals surface area contributed by atoms with E-state index in [2.05, 4.69) is 37.8 Å². The van der Waals surface area contributed by atoms with Crippen LogP contribution < -0.4 is 0 Å². The quantitative estimate of drug-likeness (QED) is 0.256. The lowest BCUT2D eigenvalue weighted by Gasteiger charge is -1.96. The van der Waals surface area contributed by atoms with Crippen molar-refractivity contribution in [3.05, 3.63) is 44.2 Å². The van der Waals surface area contributed by atoms with Crippen LogP contribution >= 0.6 is 15.9 Å². The van der Waals surface area contributed by atoms with Gasteiger partial charge in [0.15, 0.2) is 0 Å². The van der Waals surface area contributed by atoms with E-state index in [-0.39, 0.29) is 0 Å². The van der Waals surface area contributed by atoms with E-state index in [9.17, 15) is 0 Å². The molecule has 0 heterocycles. The fraction of sp³-hybridized carbons (Fsp3) is 0.273. The molecule has 0 atom stereocenters. The minimum atomic E-state index is 0.427. The predicted octanol–water partition coefficient (Wildman–Crippen LogP) is 3.81. The summed E-state index contributed by atoms with van der Waals surface area (Å²) in [5.74, 6) is 5.96. The van der Waals surface area contributed by atoms with Gasteiger partial charge in [-0.05, 0) is 30.2 Å². The first-order chi connectivity index (χ1) is 7.24. The second-order valence-corrected chi connectivity index (χ2v) is 3.82. The van der Waals surface area contributed by atoms with Gasteiger partial charge >= 0.3 is 0 Å². The van der Waals surface area contributed by atoms with Crippen LogP contribution in [0.25, 0.3) is 10.4 Å². The molecule has 0 saturated heterocycles. The third-order valence-electron chi connectivity index (χ3n) is 1.80. The van der Waals surface area contributed by atoms with Crippen LogP contribution in [0.2, 0.25) is 0 Å². The SMILES string of the molecule is Cc1ccc(C#CCCN=[N+]=[N-])cc1Br. The summed E-state index contributed by atoms with van der Waals surface area (Å²) in [5, 5.41) is 3.40. The fourth-order valence-electron chi connectivity index (χ4n) is 0.986. The van der Waals surface area contributed by atoms with Gasteiger partial charge in [0.1, 0.15) is 0 Å². The summed E-state index contributed by atoms with van der Waals surface area (Å²) in [4.78, 5) is 2.66. The molecule has 1 rings (SSSR count). The molecule has 0 spiro atoms. The highest BCUT2D eigenvalue weighted by Crippen LogP contribution is 2.16. The number of benzene rings is 1. The first-order valence-electron chi connectivity index (χ1n) is 4.50. The topological polar surface area (TPSA) is 48.8 Å². The summed E-state index contributed by atoms with van der Waals surface area (Å²) >= 11 is 3.45. The Morgan fingerprint density at radius 3 is 3.00 bits per heavy atom. The zero-order valence-electron chi connectivity index (χ0n) is 8.37. The second kappa shape index (κ2) is 6.13. The highest BCUT2D eigenvalue weighted by Gasteiger charge is 1.93. The van der Waals surface area contributed by atoms with Crippen LogP contribution in [0.15, 0.2) is 27.8 Å². The van der Waals surface area contributed by atoms with E-state index in [1.807, 2.05) is 25.1 Å². The molecule has 0 aromatic heterocycles.